The van der Waals surface area contributed by atoms with Gasteiger partial charge < -0.3 is 15.0 Å². The van der Waals surface area contributed by atoms with Gasteiger partial charge in [0.25, 0.3) is 0 Å². The van der Waals surface area contributed by atoms with Crippen LogP contribution in [0.25, 0.3) is 0 Å². The van der Waals surface area contributed by atoms with Crippen molar-refractivity contribution in [2.75, 3.05) is 37.6 Å². The molecule has 1 N–H and O–H groups in total. The van der Waals surface area contributed by atoms with Gasteiger partial charge in [0.1, 0.15) is 0 Å². The Labute approximate surface area is 186 Å². The van der Waals surface area contributed by atoms with Crippen LogP contribution in [0.15, 0.2) is 30.3 Å². The van der Waals surface area contributed by atoms with Gasteiger partial charge in [-0.2, -0.15) is 0 Å². The maximum absolute atomic E-state index is 11.8. The fourth-order valence-electron chi connectivity index (χ4n) is 3.49. The average molecular weight is 450 g/mol. The molecule has 1 aliphatic heterocycles. The van der Waals surface area contributed by atoms with Gasteiger partial charge in [0.2, 0.25) is 5.88 Å². The molecule has 0 radical (unpaired) electrons. The number of hydrogen-bond acceptors (Lipinski definition) is 6. The molecule has 2 heterocycles. The third kappa shape index (κ3) is 5.97. The van der Waals surface area contributed by atoms with E-state index in [9.17, 15) is 4.79 Å². The molecule has 2 aromatic rings. The van der Waals surface area contributed by atoms with Crippen LogP contribution in [0.1, 0.15) is 24.8 Å². The van der Waals surface area contributed by atoms with Crippen LogP contribution in [0, 0.1) is 5.92 Å². The fraction of sp³-hybridized carbons (Fsp3) is 0.476. The number of anilines is 1. The molecule has 7 nitrogen and oxygen atoms in total. The monoisotopic (exact) mass is 449 g/mol. The van der Waals surface area contributed by atoms with Crippen LogP contribution in [0.2, 0.25) is 10.0 Å². The summed E-state index contributed by atoms with van der Waals surface area (Å²) in [6.07, 6.45) is 3.07. The first kappa shape index (κ1) is 21.2. The highest BCUT2D eigenvalue weighted by molar-refractivity contribution is 6.33. The molecule has 4 rings (SSSR count). The Morgan fingerprint density at radius 3 is 2.60 bits per heavy atom. The standard InChI is InChI=1S/C21H25Cl2N5O2/c22-17-3-4-18(23)16(13-17)14-27-9-11-28(12-10-27)19-5-6-20(26-25-19)30-21(29)24-8-7-15-1-2-15/h3-6,13,15H,1-2,7-12,14H2,(H,24,29). The molecule has 1 amide bonds. The van der Waals surface area contributed by atoms with E-state index in [-0.39, 0.29) is 5.88 Å². The molecule has 30 heavy (non-hydrogen) atoms. The number of nitrogens with zero attached hydrogens (tertiary/aromatic N) is 4. The molecule has 1 aromatic carbocycles. The Morgan fingerprint density at radius 1 is 1.10 bits per heavy atom. The Kier molecular flexibility index (Phi) is 6.92. The van der Waals surface area contributed by atoms with Gasteiger partial charge in [-0.3, -0.25) is 4.90 Å². The van der Waals surface area contributed by atoms with Crippen molar-refractivity contribution in [1.82, 2.24) is 20.4 Å². The van der Waals surface area contributed by atoms with Crippen molar-refractivity contribution in [2.45, 2.75) is 25.8 Å². The SMILES string of the molecule is O=C(NCCC1CC1)Oc1ccc(N2CCN(Cc3cc(Cl)ccc3Cl)CC2)nn1. The zero-order valence-electron chi connectivity index (χ0n) is 16.7. The van der Waals surface area contributed by atoms with Crippen molar-refractivity contribution < 1.29 is 9.53 Å². The summed E-state index contributed by atoms with van der Waals surface area (Å²) in [5.41, 5.74) is 1.04. The van der Waals surface area contributed by atoms with Crippen molar-refractivity contribution in [3.8, 4) is 5.88 Å². The number of ether oxygens (including phenoxy) is 1. The molecule has 1 saturated carbocycles. The molecule has 1 aliphatic carbocycles. The molecule has 0 unspecified atom stereocenters. The minimum absolute atomic E-state index is 0.205. The van der Waals surface area contributed by atoms with Gasteiger partial charge in [0, 0.05) is 55.4 Å². The van der Waals surface area contributed by atoms with Gasteiger partial charge in [0.15, 0.2) is 5.82 Å². The molecular weight excluding hydrogens is 425 g/mol. The maximum Gasteiger partial charge on any atom is 0.413 e. The van der Waals surface area contributed by atoms with E-state index in [1.165, 1.54) is 12.8 Å². The van der Waals surface area contributed by atoms with Crippen LogP contribution in [0.4, 0.5) is 10.6 Å². The third-order valence-corrected chi connectivity index (χ3v) is 6.04. The summed E-state index contributed by atoms with van der Waals surface area (Å²) in [5.74, 6) is 1.75. The van der Waals surface area contributed by atoms with E-state index in [1.807, 2.05) is 18.2 Å². The predicted molar refractivity (Wildman–Crippen MR) is 117 cm³/mol. The third-order valence-electron chi connectivity index (χ3n) is 5.44. The molecule has 160 valence electrons. The summed E-state index contributed by atoms with van der Waals surface area (Å²) in [4.78, 5) is 16.3. The lowest BCUT2D eigenvalue weighted by atomic mass is 10.2. The van der Waals surface area contributed by atoms with E-state index in [2.05, 4.69) is 25.3 Å². The largest absolute Gasteiger partial charge is 0.413 e. The number of hydrogen-bond donors (Lipinski definition) is 1. The minimum atomic E-state index is -0.481. The lowest BCUT2D eigenvalue weighted by Crippen LogP contribution is -2.46. The number of rotatable bonds is 7. The molecular formula is C21H25Cl2N5O2. The minimum Gasteiger partial charge on any atom is -0.390 e. The van der Waals surface area contributed by atoms with Crippen molar-refractivity contribution in [3.63, 3.8) is 0 Å². The van der Waals surface area contributed by atoms with E-state index in [0.717, 1.165) is 61.5 Å². The zero-order chi connectivity index (χ0) is 20.9. The van der Waals surface area contributed by atoms with Gasteiger partial charge in [-0.15, -0.1) is 10.2 Å². The van der Waals surface area contributed by atoms with E-state index in [4.69, 9.17) is 27.9 Å². The van der Waals surface area contributed by atoms with Crippen molar-refractivity contribution >= 4 is 35.1 Å². The lowest BCUT2D eigenvalue weighted by molar-refractivity contribution is 0.197. The summed E-state index contributed by atoms with van der Waals surface area (Å²) in [6.45, 7) is 4.82. The zero-order valence-corrected chi connectivity index (χ0v) is 18.2. The fourth-order valence-corrected chi connectivity index (χ4v) is 3.86. The molecule has 9 heteroatoms. The average Bonchev–Trinajstić information content (AvgIpc) is 3.56. The Morgan fingerprint density at radius 2 is 1.90 bits per heavy atom. The number of nitrogens with one attached hydrogen (secondary N) is 1. The normalized spacial score (nSPS) is 17.1. The first-order valence-corrected chi connectivity index (χ1v) is 11.0. The van der Waals surface area contributed by atoms with E-state index in [1.54, 1.807) is 12.1 Å². The Bertz CT molecular complexity index is 868. The van der Waals surface area contributed by atoms with Gasteiger partial charge in [0.05, 0.1) is 0 Å². The quantitative estimate of drug-likeness (QED) is 0.688. The number of amides is 1. The number of benzene rings is 1. The van der Waals surface area contributed by atoms with E-state index in [0.29, 0.717) is 11.6 Å². The van der Waals surface area contributed by atoms with Crippen LogP contribution in [0.5, 0.6) is 5.88 Å². The molecule has 0 bridgehead atoms. The molecule has 0 atom stereocenters. The maximum atomic E-state index is 11.8. The number of halogens is 2. The Balaban J connectivity index is 1.23. The Hall–Kier alpha value is -2.09. The highest BCUT2D eigenvalue weighted by atomic mass is 35.5. The first-order chi connectivity index (χ1) is 14.6. The van der Waals surface area contributed by atoms with Crippen molar-refractivity contribution in [2.24, 2.45) is 5.92 Å². The van der Waals surface area contributed by atoms with Crippen LogP contribution >= 0.6 is 23.2 Å². The van der Waals surface area contributed by atoms with Crippen LogP contribution in [-0.4, -0.2) is 53.9 Å². The van der Waals surface area contributed by atoms with Crippen LogP contribution in [-0.2, 0) is 6.54 Å². The van der Waals surface area contributed by atoms with E-state index < -0.39 is 6.09 Å². The number of piperazine rings is 1. The van der Waals surface area contributed by atoms with Crippen molar-refractivity contribution in [3.05, 3.63) is 45.9 Å². The molecule has 2 fully saturated rings. The lowest BCUT2D eigenvalue weighted by Gasteiger charge is -2.35. The second-order valence-electron chi connectivity index (χ2n) is 7.78. The highest BCUT2D eigenvalue weighted by Crippen LogP contribution is 2.31. The predicted octanol–water partition coefficient (Wildman–Crippen LogP) is 3.99. The topological polar surface area (TPSA) is 70.6 Å². The second-order valence-corrected chi connectivity index (χ2v) is 8.62. The van der Waals surface area contributed by atoms with Crippen LogP contribution < -0.4 is 15.0 Å². The summed E-state index contributed by atoms with van der Waals surface area (Å²) in [6, 6.07) is 9.07. The second kappa shape index (κ2) is 9.81. The number of carbonyl (C=O) groups excluding carboxylic acids is 1. The summed E-state index contributed by atoms with van der Waals surface area (Å²) < 4.78 is 5.19. The smallest absolute Gasteiger partial charge is 0.390 e. The van der Waals surface area contributed by atoms with Gasteiger partial charge in [-0.1, -0.05) is 36.0 Å². The molecule has 0 spiro atoms. The van der Waals surface area contributed by atoms with E-state index >= 15 is 0 Å². The summed E-state index contributed by atoms with van der Waals surface area (Å²) >= 11 is 12.4. The highest BCUT2D eigenvalue weighted by Gasteiger charge is 2.21. The van der Waals surface area contributed by atoms with Gasteiger partial charge >= 0.3 is 6.09 Å². The summed E-state index contributed by atoms with van der Waals surface area (Å²) in [5, 5.41) is 12.4. The number of carbonyl (C=O) groups is 1. The van der Waals surface area contributed by atoms with Crippen LogP contribution in [0.3, 0.4) is 0 Å². The van der Waals surface area contributed by atoms with Gasteiger partial charge in [-0.05, 0) is 42.2 Å². The van der Waals surface area contributed by atoms with Crippen molar-refractivity contribution in [1.29, 1.82) is 0 Å². The first-order valence-electron chi connectivity index (χ1n) is 10.3. The number of aromatic nitrogens is 2. The summed E-state index contributed by atoms with van der Waals surface area (Å²) in [7, 11) is 0. The molecule has 1 aromatic heterocycles. The van der Waals surface area contributed by atoms with Gasteiger partial charge in [-0.25, -0.2) is 4.79 Å². The molecule has 2 aliphatic rings. The molecule has 1 saturated heterocycles.